The predicted molar refractivity (Wildman–Crippen MR) is 80.4 cm³/mol. The summed E-state index contributed by atoms with van der Waals surface area (Å²) in [5.41, 5.74) is 1.17. The molecule has 0 atom stereocenters. The summed E-state index contributed by atoms with van der Waals surface area (Å²) in [5.74, 6) is -0.233. The van der Waals surface area contributed by atoms with Gasteiger partial charge < -0.3 is 15.2 Å². The molecule has 0 spiro atoms. The zero-order chi connectivity index (χ0) is 15.5. The number of carboxylic acid groups (broad SMARTS) is 1. The second-order valence-electron chi connectivity index (χ2n) is 4.84. The SMILES string of the molecule is CCc1cccc(OCC(=O)NCCCCCC(=O)O)c1. The van der Waals surface area contributed by atoms with Gasteiger partial charge in [0.2, 0.25) is 0 Å². The summed E-state index contributed by atoms with van der Waals surface area (Å²) < 4.78 is 5.43. The maximum Gasteiger partial charge on any atom is 0.303 e. The van der Waals surface area contributed by atoms with Crippen molar-refractivity contribution in [2.45, 2.75) is 39.0 Å². The molecule has 116 valence electrons. The first-order valence-corrected chi connectivity index (χ1v) is 7.32. The highest BCUT2D eigenvalue weighted by Gasteiger charge is 2.03. The summed E-state index contributed by atoms with van der Waals surface area (Å²) in [4.78, 5) is 21.9. The van der Waals surface area contributed by atoms with E-state index in [0.29, 0.717) is 18.7 Å². The maximum absolute atomic E-state index is 11.6. The minimum atomic E-state index is -0.776. The lowest BCUT2D eigenvalue weighted by Crippen LogP contribution is -2.29. The van der Waals surface area contributed by atoms with Crippen molar-refractivity contribution in [3.05, 3.63) is 29.8 Å². The van der Waals surface area contributed by atoms with E-state index < -0.39 is 5.97 Å². The Morgan fingerprint density at radius 3 is 2.76 bits per heavy atom. The van der Waals surface area contributed by atoms with Crippen molar-refractivity contribution in [1.82, 2.24) is 5.32 Å². The van der Waals surface area contributed by atoms with Gasteiger partial charge >= 0.3 is 5.97 Å². The molecule has 21 heavy (non-hydrogen) atoms. The van der Waals surface area contributed by atoms with Crippen molar-refractivity contribution in [1.29, 1.82) is 0 Å². The molecule has 1 amide bonds. The third-order valence-corrected chi connectivity index (χ3v) is 3.07. The molecule has 1 rings (SSSR count). The number of ether oxygens (including phenoxy) is 1. The number of aryl methyl sites for hydroxylation is 1. The quantitative estimate of drug-likeness (QED) is 0.649. The molecule has 5 heteroatoms. The van der Waals surface area contributed by atoms with E-state index in [1.165, 1.54) is 5.56 Å². The fourth-order valence-electron chi connectivity index (χ4n) is 1.86. The number of carbonyl (C=O) groups is 2. The van der Waals surface area contributed by atoms with Gasteiger partial charge in [-0.05, 0) is 37.0 Å². The molecule has 0 aliphatic rings. The van der Waals surface area contributed by atoms with Crippen molar-refractivity contribution in [3.8, 4) is 5.75 Å². The molecule has 0 bridgehead atoms. The third kappa shape index (κ3) is 7.97. The topological polar surface area (TPSA) is 75.6 Å². The Morgan fingerprint density at radius 2 is 2.05 bits per heavy atom. The van der Waals surface area contributed by atoms with Gasteiger partial charge in [-0.2, -0.15) is 0 Å². The van der Waals surface area contributed by atoms with Gasteiger partial charge in [-0.15, -0.1) is 0 Å². The number of carboxylic acids is 1. The Hall–Kier alpha value is -2.04. The monoisotopic (exact) mass is 293 g/mol. The summed E-state index contributed by atoms with van der Waals surface area (Å²) in [6.07, 6.45) is 3.34. The summed E-state index contributed by atoms with van der Waals surface area (Å²) in [5, 5.41) is 11.2. The van der Waals surface area contributed by atoms with Crippen LogP contribution in [0.4, 0.5) is 0 Å². The van der Waals surface area contributed by atoms with Gasteiger partial charge in [0.05, 0.1) is 0 Å². The minimum Gasteiger partial charge on any atom is -0.484 e. The van der Waals surface area contributed by atoms with Crippen LogP contribution in [0.3, 0.4) is 0 Å². The van der Waals surface area contributed by atoms with Crippen LogP contribution >= 0.6 is 0 Å². The zero-order valence-corrected chi connectivity index (χ0v) is 12.4. The average Bonchev–Trinajstić information content (AvgIpc) is 2.48. The third-order valence-electron chi connectivity index (χ3n) is 3.07. The van der Waals surface area contributed by atoms with Crippen LogP contribution in [0.15, 0.2) is 24.3 Å². The smallest absolute Gasteiger partial charge is 0.303 e. The summed E-state index contributed by atoms with van der Waals surface area (Å²) in [6, 6.07) is 7.69. The standard InChI is InChI=1S/C16H23NO4/c1-2-13-7-6-8-14(11-13)21-12-15(18)17-10-5-3-4-9-16(19)20/h6-8,11H,2-5,9-10,12H2,1H3,(H,17,18)(H,19,20). The highest BCUT2D eigenvalue weighted by Crippen LogP contribution is 2.13. The van der Waals surface area contributed by atoms with Gasteiger partial charge in [-0.25, -0.2) is 0 Å². The highest BCUT2D eigenvalue weighted by molar-refractivity contribution is 5.77. The van der Waals surface area contributed by atoms with E-state index in [-0.39, 0.29) is 18.9 Å². The predicted octanol–water partition coefficient (Wildman–Crippen LogP) is 2.39. The van der Waals surface area contributed by atoms with E-state index in [1.54, 1.807) is 0 Å². The molecule has 0 aromatic heterocycles. The number of hydrogen-bond acceptors (Lipinski definition) is 3. The van der Waals surface area contributed by atoms with Gasteiger partial charge in [0.1, 0.15) is 5.75 Å². The van der Waals surface area contributed by atoms with E-state index in [2.05, 4.69) is 12.2 Å². The molecule has 0 saturated heterocycles. The molecule has 0 aliphatic carbocycles. The van der Waals surface area contributed by atoms with Crippen molar-refractivity contribution in [3.63, 3.8) is 0 Å². The first-order valence-electron chi connectivity index (χ1n) is 7.32. The van der Waals surface area contributed by atoms with Gasteiger partial charge in [0.25, 0.3) is 5.91 Å². The van der Waals surface area contributed by atoms with Crippen molar-refractivity contribution >= 4 is 11.9 Å². The van der Waals surface area contributed by atoms with Crippen LogP contribution < -0.4 is 10.1 Å². The molecule has 1 aromatic rings. The normalized spacial score (nSPS) is 10.1. The van der Waals surface area contributed by atoms with E-state index in [9.17, 15) is 9.59 Å². The average molecular weight is 293 g/mol. The lowest BCUT2D eigenvalue weighted by atomic mass is 10.2. The Labute approximate surface area is 125 Å². The van der Waals surface area contributed by atoms with E-state index in [1.807, 2.05) is 24.3 Å². The second kappa shape index (κ2) is 9.80. The first-order chi connectivity index (χ1) is 10.1. The Kier molecular flexibility index (Phi) is 7.94. The molecule has 0 heterocycles. The lowest BCUT2D eigenvalue weighted by molar-refractivity contribution is -0.137. The van der Waals surface area contributed by atoms with Gasteiger partial charge in [0.15, 0.2) is 6.61 Å². The number of nitrogens with one attached hydrogen (secondary N) is 1. The molecule has 0 unspecified atom stereocenters. The van der Waals surface area contributed by atoms with E-state index in [4.69, 9.17) is 9.84 Å². The number of aliphatic carboxylic acids is 1. The highest BCUT2D eigenvalue weighted by atomic mass is 16.5. The van der Waals surface area contributed by atoms with Crippen LogP contribution in [0.2, 0.25) is 0 Å². The zero-order valence-electron chi connectivity index (χ0n) is 12.4. The fraction of sp³-hybridized carbons (Fsp3) is 0.500. The summed E-state index contributed by atoms with van der Waals surface area (Å²) in [7, 11) is 0. The van der Waals surface area contributed by atoms with Crippen LogP contribution in [0.5, 0.6) is 5.75 Å². The molecule has 2 N–H and O–H groups in total. The molecule has 5 nitrogen and oxygen atoms in total. The largest absolute Gasteiger partial charge is 0.484 e. The van der Waals surface area contributed by atoms with Crippen molar-refractivity contribution in [2.75, 3.05) is 13.2 Å². The number of carbonyl (C=O) groups excluding carboxylic acids is 1. The van der Waals surface area contributed by atoms with Gasteiger partial charge in [-0.3, -0.25) is 9.59 Å². The van der Waals surface area contributed by atoms with Crippen LogP contribution in [-0.4, -0.2) is 30.1 Å². The van der Waals surface area contributed by atoms with Crippen LogP contribution in [0.1, 0.15) is 38.2 Å². The molecule has 1 aromatic carbocycles. The van der Waals surface area contributed by atoms with Gasteiger partial charge in [0, 0.05) is 13.0 Å². The lowest BCUT2D eigenvalue weighted by Gasteiger charge is -2.08. The Balaban J connectivity index is 2.12. The van der Waals surface area contributed by atoms with E-state index >= 15 is 0 Å². The molecule has 0 fully saturated rings. The minimum absolute atomic E-state index is 0.00228. The molecular formula is C16H23NO4. The Morgan fingerprint density at radius 1 is 1.24 bits per heavy atom. The molecule has 0 aliphatic heterocycles. The number of benzene rings is 1. The second-order valence-corrected chi connectivity index (χ2v) is 4.84. The fourth-order valence-corrected chi connectivity index (χ4v) is 1.86. The molecular weight excluding hydrogens is 270 g/mol. The van der Waals surface area contributed by atoms with Crippen LogP contribution in [0, 0.1) is 0 Å². The molecule has 0 saturated carbocycles. The molecule has 0 radical (unpaired) electrons. The van der Waals surface area contributed by atoms with Crippen LogP contribution in [-0.2, 0) is 16.0 Å². The van der Waals surface area contributed by atoms with Gasteiger partial charge in [-0.1, -0.05) is 25.5 Å². The van der Waals surface area contributed by atoms with Crippen molar-refractivity contribution < 1.29 is 19.4 Å². The number of rotatable bonds is 10. The van der Waals surface area contributed by atoms with Crippen LogP contribution in [0.25, 0.3) is 0 Å². The Bertz CT molecular complexity index is 459. The number of unbranched alkanes of at least 4 members (excludes halogenated alkanes) is 2. The first kappa shape index (κ1) is 17.0. The number of amides is 1. The number of hydrogen-bond donors (Lipinski definition) is 2. The summed E-state index contributed by atoms with van der Waals surface area (Å²) in [6.45, 7) is 2.62. The summed E-state index contributed by atoms with van der Waals surface area (Å²) >= 11 is 0. The van der Waals surface area contributed by atoms with E-state index in [0.717, 1.165) is 19.3 Å². The maximum atomic E-state index is 11.6. The van der Waals surface area contributed by atoms with Crippen molar-refractivity contribution in [2.24, 2.45) is 0 Å².